The molecule has 0 spiro atoms. The van der Waals surface area contributed by atoms with Gasteiger partial charge in [-0.25, -0.2) is 14.6 Å². The Hall–Kier alpha value is -2.84. The fourth-order valence-electron chi connectivity index (χ4n) is 6.03. The van der Waals surface area contributed by atoms with E-state index in [1.807, 2.05) is 12.1 Å². The highest BCUT2D eigenvalue weighted by atomic mass is 33.1. The van der Waals surface area contributed by atoms with Crippen LogP contribution in [0.1, 0.15) is 105 Å². The molecule has 3 N–H and O–H groups in total. The van der Waals surface area contributed by atoms with Crippen LogP contribution in [0.5, 0.6) is 0 Å². The Labute approximate surface area is 350 Å². The molecule has 1 aromatic carbocycles. The summed E-state index contributed by atoms with van der Waals surface area (Å²) in [4.78, 5) is 47.8. The maximum atomic E-state index is 13.1. The van der Waals surface area contributed by atoms with Gasteiger partial charge in [0, 0.05) is 49.7 Å². The van der Waals surface area contributed by atoms with Crippen molar-refractivity contribution in [3.05, 3.63) is 41.9 Å². The average Bonchev–Trinajstić information content (AvgIpc) is 3.76. The first-order valence-electron chi connectivity index (χ1n) is 20.1. The van der Waals surface area contributed by atoms with Gasteiger partial charge in [-0.1, -0.05) is 59.6 Å². The van der Waals surface area contributed by atoms with Crippen LogP contribution in [0, 0.1) is 18.3 Å². The van der Waals surface area contributed by atoms with Crippen LogP contribution in [-0.2, 0) is 34.5 Å². The number of amides is 2. The van der Waals surface area contributed by atoms with Crippen molar-refractivity contribution in [2.45, 2.75) is 134 Å². The fourth-order valence-corrected chi connectivity index (χ4v) is 10.4. The van der Waals surface area contributed by atoms with Crippen LogP contribution in [0.15, 0.2) is 40.5 Å². The molecule has 2 aliphatic rings. The first-order valence-corrected chi connectivity index (χ1v) is 22.3. The number of aliphatic hydroxyl groups excluding tert-OH is 1. The number of nitrogens with zero attached hydrogens (tertiary/aromatic N) is 4. The molecular formula is C40H61N6O8PS2. The smallest absolute Gasteiger partial charge is 0.259 e. The van der Waals surface area contributed by atoms with Crippen LogP contribution >= 0.6 is 30.1 Å². The van der Waals surface area contributed by atoms with Gasteiger partial charge in [-0.05, 0) is 72.9 Å². The normalized spacial score (nSPS) is 20.4. The average molecular weight is 852 g/mol. The number of aliphatic hydroxyl groups is 1. The van der Waals surface area contributed by atoms with Crippen LogP contribution in [0.3, 0.4) is 0 Å². The zero-order valence-corrected chi connectivity index (χ0v) is 37.3. The van der Waals surface area contributed by atoms with Crippen LogP contribution in [0.4, 0.5) is 5.82 Å². The molecule has 2 aliphatic heterocycles. The molecule has 17 heteroatoms. The minimum absolute atomic E-state index is 0.0472. The number of aliphatic imine (C=N–C) groups is 1. The monoisotopic (exact) mass is 851 g/mol. The molecule has 1 aromatic heterocycles. The highest BCUT2D eigenvalue weighted by Gasteiger charge is 2.48. The van der Waals surface area contributed by atoms with Crippen molar-refractivity contribution in [1.29, 1.82) is 1.43 Å². The number of Topliss-reactive ketones (excluding diaryl/α,β-unsaturated/α-hetero) is 1. The predicted molar refractivity (Wildman–Crippen MR) is 228 cm³/mol. The molecule has 4 rings (SSSR count). The summed E-state index contributed by atoms with van der Waals surface area (Å²) in [7, 11) is 4.61. The fraction of sp³-hybridized carbons (Fsp3) is 0.625. The Kier molecular flexibility index (Phi) is 18.3. The summed E-state index contributed by atoms with van der Waals surface area (Å²) in [5.74, 6) is 2.08. The molecule has 2 amide bonds. The second kappa shape index (κ2) is 23.1. The van der Waals surface area contributed by atoms with Gasteiger partial charge in [0.25, 0.3) is 8.53 Å². The first kappa shape index (κ1) is 45.2. The highest BCUT2D eigenvalue weighted by molar-refractivity contribution is 8.77. The van der Waals surface area contributed by atoms with Crippen molar-refractivity contribution in [3.8, 4) is 12.3 Å². The zero-order valence-electron chi connectivity index (χ0n) is 36.8. The maximum Gasteiger partial charge on any atom is 0.259 e. The molecule has 1 fully saturated rings. The molecule has 2 aromatic rings. The standard InChI is InChI=1S/C39H57N6O7PS2.CH4O/c1-12-20-40-32(47)17-19-39(9,10)55-54-30-16-14-13-15-28(30)18-21-50-53(45(25(4)5)26(6)7)52-34-27(8)51-38(35(34)49-11)44-23-41-33-29(46)22-31(42-36(33)44)43-37(48)24(2)3;1-2/h1,13-16,23-27,34-35,38H,17-22H2,2-11H3,(H,40,47)(H,42,43,48);2H,1H3/i8D;2T. The Bertz CT molecular complexity index is 1750. The lowest BCUT2D eigenvalue weighted by atomic mass is 10.1. The molecule has 3 heterocycles. The van der Waals surface area contributed by atoms with E-state index in [-0.39, 0.29) is 77.6 Å². The summed E-state index contributed by atoms with van der Waals surface area (Å²) in [5, 5.41) is 8.99. The molecular weight excluding hydrogens is 788 g/mol. The second-order valence-electron chi connectivity index (χ2n) is 14.9. The van der Waals surface area contributed by atoms with E-state index in [1.54, 1.807) is 47.1 Å². The summed E-state index contributed by atoms with van der Waals surface area (Å²) in [6.45, 7) is 16.7. The van der Waals surface area contributed by atoms with Gasteiger partial charge in [0.05, 0.1) is 32.0 Å². The van der Waals surface area contributed by atoms with E-state index in [4.69, 9.17) is 27.7 Å². The summed E-state index contributed by atoms with van der Waals surface area (Å²) in [6.07, 6.45) is 5.50. The number of amidine groups is 1. The van der Waals surface area contributed by atoms with Gasteiger partial charge in [-0.3, -0.25) is 19.0 Å². The first-order chi connectivity index (χ1) is 28.0. The van der Waals surface area contributed by atoms with E-state index >= 15 is 0 Å². The molecule has 316 valence electrons. The maximum absolute atomic E-state index is 13.1. The number of ketones is 1. The van der Waals surface area contributed by atoms with E-state index in [1.165, 1.54) is 13.4 Å². The number of terminal acetylenes is 1. The predicted octanol–water partition coefficient (Wildman–Crippen LogP) is 6.85. The van der Waals surface area contributed by atoms with E-state index in [0.717, 1.165) is 10.5 Å². The third-order valence-electron chi connectivity index (χ3n) is 8.93. The van der Waals surface area contributed by atoms with Crippen LogP contribution in [0.25, 0.3) is 0 Å². The van der Waals surface area contributed by atoms with Crippen molar-refractivity contribution in [2.24, 2.45) is 10.9 Å². The van der Waals surface area contributed by atoms with Gasteiger partial charge in [0.1, 0.15) is 18.0 Å². The van der Waals surface area contributed by atoms with Gasteiger partial charge in [0.2, 0.25) is 13.2 Å². The lowest BCUT2D eigenvalue weighted by Crippen LogP contribution is -2.39. The van der Waals surface area contributed by atoms with Crippen molar-refractivity contribution in [2.75, 3.05) is 27.4 Å². The SMILES string of the molecule is [2H]CC1OC(n2cnc3c2N=C(NC(=O)C(C)C)CC3=O)C(OC)C1OP(OCCc1ccccc1SSC(C)(C)CCC(=O)NCC#C)N(C(C)C)C(C)C.[3H]OC. The van der Waals surface area contributed by atoms with Crippen LogP contribution < -0.4 is 10.6 Å². The Morgan fingerprint density at radius 1 is 1.25 bits per heavy atom. The van der Waals surface area contributed by atoms with Gasteiger partial charge in [-0.2, -0.15) is 0 Å². The molecule has 0 radical (unpaired) electrons. The van der Waals surface area contributed by atoms with E-state index in [9.17, 15) is 14.4 Å². The molecule has 1 saturated heterocycles. The third kappa shape index (κ3) is 13.6. The minimum atomic E-state index is -1.67. The number of rotatable bonds is 19. The topological polar surface area (TPSA) is 166 Å². The van der Waals surface area contributed by atoms with Crippen molar-refractivity contribution in [1.82, 2.24) is 24.9 Å². The number of aromatic nitrogens is 2. The number of imidazole rings is 1. The third-order valence-corrected chi connectivity index (χ3v) is 14.5. The lowest BCUT2D eigenvalue weighted by Gasteiger charge is -2.38. The Morgan fingerprint density at radius 3 is 2.58 bits per heavy atom. The molecule has 0 aliphatic carbocycles. The van der Waals surface area contributed by atoms with Crippen LogP contribution in [-0.4, -0.2) is 107 Å². The number of hydrogen-bond donors (Lipinski definition) is 3. The van der Waals surface area contributed by atoms with E-state index in [0.29, 0.717) is 25.9 Å². The summed E-state index contributed by atoms with van der Waals surface area (Å²) in [6, 6.07) is 8.39. The van der Waals surface area contributed by atoms with Crippen molar-refractivity contribution >= 4 is 59.4 Å². The molecule has 14 nitrogen and oxygen atoms in total. The van der Waals surface area contributed by atoms with Gasteiger partial charge < -0.3 is 34.3 Å². The molecule has 0 bridgehead atoms. The number of fused-ring (bicyclic) bond motifs is 1. The summed E-state index contributed by atoms with van der Waals surface area (Å²) < 4.78 is 43.8. The number of carbonyl (C=O) groups is 3. The molecule has 57 heavy (non-hydrogen) atoms. The number of carbonyl (C=O) groups excluding carboxylic acids is 3. The number of ether oxygens (including phenoxy) is 2. The second-order valence-corrected chi connectivity index (χ2v) is 19.2. The quantitative estimate of drug-likeness (QED) is 0.0766. The molecule has 5 unspecified atom stereocenters. The van der Waals surface area contributed by atoms with Gasteiger partial charge in [-0.15, -0.1) is 6.42 Å². The molecule has 0 saturated carbocycles. The van der Waals surface area contributed by atoms with Crippen molar-refractivity contribution < 1.29 is 39.4 Å². The van der Waals surface area contributed by atoms with Gasteiger partial charge in [0.15, 0.2) is 23.5 Å². The number of hydrogen-bond acceptors (Lipinski definition) is 13. The largest absolute Gasteiger partial charge is 0.400 e. The van der Waals surface area contributed by atoms with Crippen LogP contribution in [0.2, 0.25) is 0 Å². The lowest BCUT2D eigenvalue weighted by molar-refractivity contribution is -0.122. The summed E-state index contributed by atoms with van der Waals surface area (Å²) in [5.41, 5.74) is 1.31. The number of benzene rings is 1. The van der Waals surface area contributed by atoms with Gasteiger partial charge >= 0.3 is 0 Å². The number of nitrogens with one attached hydrogen (secondary N) is 2. The number of methoxy groups -OCH3 is 1. The Balaban J connectivity index is 0.00000300. The summed E-state index contributed by atoms with van der Waals surface area (Å²) >= 11 is 0. The van der Waals surface area contributed by atoms with E-state index < -0.39 is 33.1 Å². The highest BCUT2D eigenvalue weighted by Crippen LogP contribution is 2.51. The van der Waals surface area contributed by atoms with E-state index in [2.05, 4.69) is 90.0 Å². The minimum Gasteiger partial charge on any atom is -0.400 e. The Morgan fingerprint density at radius 2 is 1.95 bits per heavy atom. The zero-order chi connectivity index (χ0) is 43.9. The van der Waals surface area contributed by atoms with Crippen molar-refractivity contribution in [3.63, 3.8) is 0 Å². The molecule has 5 atom stereocenters.